The molecule has 1 aliphatic rings. The summed E-state index contributed by atoms with van der Waals surface area (Å²) in [6.45, 7) is 10.6. The highest BCUT2D eigenvalue weighted by molar-refractivity contribution is 7.18. The van der Waals surface area contributed by atoms with E-state index in [1.54, 1.807) is 17.4 Å². The third kappa shape index (κ3) is 5.36. The molecule has 0 spiro atoms. The second-order valence-electron chi connectivity index (χ2n) is 7.73. The molecule has 164 valence electrons. The predicted octanol–water partition coefficient (Wildman–Crippen LogP) is 3.28. The van der Waals surface area contributed by atoms with Crippen molar-refractivity contribution in [1.82, 2.24) is 19.9 Å². The molecule has 0 aliphatic carbocycles. The quantitative estimate of drug-likeness (QED) is 0.582. The molecule has 2 N–H and O–H groups in total. The zero-order valence-corrected chi connectivity index (χ0v) is 19.0. The van der Waals surface area contributed by atoms with Gasteiger partial charge in [-0.1, -0.05) is 6.07 Å². The van der Waals surface area contributed by atoms with E-state index in [2.05, 4.69) is 34.4 Å². The van der Waals surface area contributed by atoms with E-state index in [1.807, 2.05) is 19.1 Å². The van der Waals surface area contributed by atoms with Gasteiger partial charge in [0.15, 0.2) is 0 Å². The first-order valence-corrected chi connectivity index (χ1v) is 11.4. The molecule has 9 heteroatoms. The van der Waals surface area contributed by atoms with Crippen LogP contribution < -0.4 is 10.6 Å². The van der Waals surface area contributed by atoms with Crippen molar-refractivity contribution in [2.24, 2.45) is 0 Å². The van der Waals surface area contributed by atoms with Crippen molar-refractivity contribution in [3.63, 3.8) is 0 Å². The summed E-state index contributed by atoms with van der Waals surface area (Å²) >= 11 is 1.69. The normalized spacial score (nSPS) is 14.7. The number of morpholine rings is 1. The summed E-state index contributed by atoms with van der Waals surface area (Å²) in [6.07, 6.45) is 0.322. The molecule has 8 nitrogen and oxygen atoms in total. The molecule has 3 aromatic rings. The van der Waals surface area contributed by atoms with Gasteiger partial charge in [-0.05, 0) is 38.5 Å². The lowest BCUT2D eigenvalue weighted by atomic mass is 10.2. The number of hydrogen-bond donors (Lipinski definition) is 2. The maximum absolute atomic E-state index is 12.3. The molecule has 0 unspecified atom stereocenters. The van der Waals surface area contributed by atoms with Crippen LogP contribution in [0.4, 0.5) is 11.6 Å². The van der Waals surface area contributed by atoms with Crippen molar-refractivity contribution >= 4 is 39.1 Å². The molecule has 1 saturated heterocycles. The first kappa shape index (κ1) is 21.6. The van der Waals surface area contributed by atoms with Crippen LogP contribution in [0.5, 0.6) is 0 Å². The minimum atomic E-state index is -0.0809. The van der Waals surface area contributed by atoms with E-state index in [4.69, 9.17) is 14.7 Å². The first-order valence-electron chi connectivity index (χ1n) is 10.5. The zero-order chi connectivity index (χ0) is 21.8. The van der Waals surface area contributed by atoms with Gasteiger partial charge in [0.2, 0.25) is 5.91 Å². The number of anilines is 2. The average molecular weight is 441 g/mol. The van der Waals surface area contributed by atoms with E-state index in [0.717, 1.165) is 53.9 Å². The van der Waals surface area contributed by atoms with Crippen LogP contribution in [0.2, 0.25) is 0 Å². The van der Waals surface area contributed by atoms with Crippen molar-refractivity contribution in [3.05, 3.63) is 40.2 Å². The van der Waals surface area contributed by atoms with Gasteiger partial charge in [-0.15, -0.1) is 11.3 Å². The van der Waals surface area contributed by atoms with Crippen molar-refractivity contribution in [3.8, 4) is 0 Å². The molecule has 4 rings (SSSR count). The molecule has 0 aromatic carbocycles. The number of fused-ring (bicyclic) bond motifs is 1. The Hall–Kier alpha value is -2.62. The molecular weight excluding hydrogens is 412 g/mol. The fourth-order valence-corrected chi connectivity index (χ4v) is 4.61. The number of carbonyl (C=O) groups is 1. The van der Waals surface area contributed by atoms with Crippen LogP contribution in [-0.4, -0.2) is 58.6 Å². The Morgan fingerprint density at radius 2 is 1.97 bits per heavy atom. The smallest absolute Gasteiger partial charge is 0.227 e. The lowest BCUT2D eigenvalue weighted by Crippen LogP contribution is -2.36. The number of amides is 1. The van der Waals surface area contributed by atoms with Crippen LogP contribution in [0, 0.1) is 20.8 Å². The molecular formula is C22H28N6O2S. The Bertz CT molecular complexity index is 1080. The van der Waals surface area contributed by atoms with Gasteiger partial charge in [0.25, 0.3) is 0 Å². The Balaban J connectivity index is 1.45. The minimum Gasteiger partial charge on any atom is -0.379 e. The van der Waals surface area contributed by atoms with E-state index >= 15 is 0 Å². The first-order chi connectivity index (χ1) is 15.0. The van der Waals surface area contributed by atoms with E-state index in [0.29, 0.717) is 25.3 Å². The van der Waals surface area contributed by atoms with E-state index in [1.165, 1.54) is 10.4 Å². The fraction of sp³-hybridized carbons (Fsp3) is 0.455. The zero-order valence-electron chi connectivity index (χ0n) is 18.2. The highest BCUT2D eigenvalue weighted by Crippen LogP contribution is 2.33. The molecule has 4 heterocycles. The summed E-state index contributed by atoms with van der Waals surface area (Å²) in [5.41, 5.74) is 2.06. The van der Waals surface area contributed by atoms with Crippen LogP contribution in [-0.2, 0) is 16.1 Å². The highest BCUT2D eigenvalue weighted by atomic mass is 32.1. The third-order valence-electron chi connectivity index (χ3n) is 5.34. The SMILES string of the molecule is Cc1cccc(NC(=O)CCNc2nc(CN3CCOCC3)nc3sc(C)c(C)c23)n1. The number of aromatic nitrogens is 3. The number of pyridine rings is 1. The number of nitrogens with one attached hydrogen (secondary N) is 2. The van der Waals surface area contributed by atoms with E-state index in [9.17, 15) is 4.79 Å². The molecule has 0 radical (unpaired) electrons. The van der Waals surface area contributed by atoms with Crippen molar-refractivity contribution in [2.45, 2.75) is 33.7 Å². The van der Waals surface area contributed by atoms with Gasteiger partial charge in [-0.25, -0.2) is 15.0 Å². The van der Waals surface area contributed by atoms with Crippen molar-refractivity contribution in [1.29, 1.82) is 0 Å². The average Bonchev–Trinajstić information content (AvgIpc) is 3.02. The maximum atomic E-state index is 12.3. The Morgan fingerprint density at radius 3 is 2.74 bits per heavy atom. The lowest BCUT2D eigenvalue weighted by molar-refractivity contribution is -0.116. The summed E-state index contributed by atoms with van der Waals surface area (Å²) < 4.78 is 5.44. The minimum absolute atomic E-state index is 0.0809. The number of nitrogens with zero attached hydrogens (tertiary/aromatic N) is 4. The van der Waals surface area contributed by atoms with Crippen LogP contribution >= 0.6 is 11.3 Å². The van der Waals surface area contributed by atoms with E-state index in [-0.39, 0.29) is 5.91 Å². The summed E-state index contributed by atoms with van der Waals surface area (Å²) in [7, 11) is 0. The van der Waals surface area contributed by atoms with Gasteiger partial charge < -0.3 is 15.4 Å². The topological polar surface area (TPSA) is 92.3 Å². The Labute approximate surface area is 186 Å². The summed E-state index contributed by atoms with van der Waals surface area (Å²) in [5.74, 6) is 2.09. The molecule has 0 atom stereocenters. The van der Waals surface area contributed by atoms with Gasteiger partial charge in [0, 0.05) is 36.6 Å². The van der Waals surface area contributed by atoms with Crippen LogP contribution in [0.1, 0.15) is 28.4 Å². The fourth-order valence-electron chi connectivity index (χ4n) is 3.56. The highest BCUT2D eigenvalue weighted by Gasteiger charge is 2.18. The lowest BCUT2D eigenvalue weighted by Gasteiger charge is -2.25. The van der Waals surface area contributed by atoms with Crippen molar-refractivity contribution < 1.29 is 9.53 Å². The van der Waals surface area contributed by atoms with Gasteiger partial charge in [-0.2, -0.15) is 0 Å². The summed E-state index contributed by atoms with van der Waals surface area (Å²) in [4.78, 5) is 30.8. The number of ether oxygens (including phenoxy) is 1. The molecule has 0 saturated carbocycles. The number of aryl methyl sites for hydroxylation is 3. The molecule has 1 amide bonds. The Kier molecular flexibility index (Phi) is 6.74. The number of thiophene rings is 1. The summed E-state index contributed by atoms with van der Waals surface area (Å²) in [6, 6.07) is 5.57. The summed E-state index contributed by atoms with van der Waals surface area (Å²) in [5, 5.41) is 7.28. The number of hydrogen-bond acceptors (Lipinski definition) is 8. The van der Waals surface area contributed by atoms with Crippen LogP contribution in [0.15, 0.2) is 18.2 Å². The van der Waals surface area contributed by atoms with E-state index < -0.39 is 0 Å². The Morgan fingerprint density at radius 1 is 1.16 bits per heavy atom. The predicted molar refractivity (Wildman–Crippen MR) is 124 cm³/mol. The molecule has 0 bridgehead atoms. The largest absolute Gasteiger partial charge is 0.379 e. The van der Waals surface area contributed by atoms with Gasteiger partial charge in [0.1, 0.15) is 22.3 Å². The van der Waals surface area contributed by atoms with Crippen LogP contribution in [0.3, 0.4) is 0 Å². The second kappa shape index (κ2) is 9.67. The van der Waals surface area contributed by atoms with Crippen molar-refractivity contribution in [2.75, 3.05) is 43.5 Å². The molecule has 1 fully saturated rings. The molecule has 3 aromatic heterocycles. The van der Waals surface area contributed by atoms with Gasteiger partial charge >= 0.3 is 0 Å². The number of rotatable bonds is 7. The monoisotopic (exact) mass is 440 g/mol. The standard InChI is InChI=1S/C22H28N6O2S/c1-14-5-4-6-17(24-14)25-19(29)7-8-23-21-20-15(2)16(3)31-22(20)27-18(26-21)13-28-9-11-30-12-10-28/h4-6H,7-13H2,1-3H3,(H,23,26,27)(H,24,25,29). The van der Waals surface area contributed by atoms with Gasteiger partial charge in [0.05, 0.1) is 25.1 Å². The third-order valence-corrected chi connectivity index (χ3v) is 6.45. The number of carbonyl (C=O) groups excluding carboxylic acids is 1. The molecule has 1 aliphatic heterocycles. The molecule has 31 heavy (non-hydrogen) atoms. The second-order valence-corrected chi connectivity index (χ2v) is 8.93. The van der Waals surface area contributed by atoms with Gasteiger partial charge in [-0.3, -0.25) is 9.69 Å². The maximum Gasteiger partial charge on any atom is 0.227 e. The van der Waals surface area contributed by atoms with Crippen LogP contribution in [0.25, 0.3) is 10.2 Å².